The minimum Gasteiger partial charge on any atom is -0.480 e. The largest absolute Gasteiger partial charge is 0.480 e. The minimum absolute atomic E-state index is 0.119. The standard InChI is InChI=1S/C18H15F4NO4/c19-13-7-1-10(2-8-13)9-14(17(26)27)23-16(25)15(24)11-3-5-12(6-4-11)18(20,21)22/h1-8,14-15,24H,9H2,(H,23,25)(H,26,27)/t14-,15-/m1/s1. The van der Waals surface area contributed by atoms with Crippen molar-refractivity contribution in [2.45, 2.75) is 24.7 Å². The fourth-order valence-corrected chi connectivity index (χ4v) is 2.31. The number of carboxylic acids is 1. The van der Waals surface area contributed by atoms with E-state index in [2.05, 4.69) is 5.32 Å². The normalized spacial score (nSPS) is 13.7. The Kier molecular flexibility index (Phi) is 6.17. The van der Waals surface area contributed by atoms with Crippen LogP contribution in [0.4, 0.5) is 17.6 Å². The topological polar surface area (TPSA) is 86.6 Å². The summed E-state index contributed by atoms with van der Waals surface area (Å²) in [5, 5.41) is 21.3. The number of rotatable bonds is 6. The van der Waals surface area contributed by atoms with Gasteiger partial charge in [-0.25, -0.2) is 9.18 Å². The van der Waals surface area contributed by atoms with Gasteiger partial charge in [0.05, 0.1) is 5.56 Å². The Labute approximate surface area is 151 Å². The second-order valence-corrected chi connectivity index (χ2v) is 5.75. The lowest BCUT2D eigenvalue weighted by molar-refractivity contribution is -0.143. The number of carbonyl (C=O) groups is 2. The van der Waals surface area contributed by atoms with Gasteiger partial charge in [-0.1, -0.05) is 24.3 Å². The lowest BCUT2D eigenvalue weighted by atomic mass is 10.0. The first-order valence-electron chi connectivity index (χ1n) is 7.71. The molecule has 1 amide bonds. The van der Waals surface area contributed by atoms with Crippen LogP contribution < -0.4 is 5.32 Å². The highest BCUT2D eigenvalue weighted by atomic mass is 19.4. The molecule has 0 radical (unpaired) electrons. The first kappa shape index (κ1) is 20.4. The van der Waals surface area contributed by atoms with Crippen molar-refractivity contribution < 1.29 is 37.4 Å². The maximum absolute atomic E-state index is 12.9. The van der Waals surface area contributed by atoms with Crippen LogP contribution in [0.3, 0.4) is 0 Å². The van der Waals surface area contributed by atoms with Crippen molar-refractivity contribution in [3.8, 4) is 0 Å². The van der Waals surface area contributed by atoms with Gasteiger partial charge in [0.1, 0.15) is 11.9 Å². The molecule has 5 nitrogen and oxygen atoms in total. The van der Waals surface area contributed by atoms with Crippen molar-refractivity contribution in [1.82, 2.24) is 5.32 Å². The number of amides is 1. The number of hydrogen-bond acceptors (Lipinski definition) is 3. The highest BCUT2D eigenvalue weighted by molar-refractivity contribution is 5.87. The van der Waals surface area contributed by atoms with Gasteiger partial charge in [0.15, 0.2) is 6.10 Å². The van der Waals surface area contributed by atoms with Gasteiger partial charge in [0.25, 0.3) is 5.91 Å². The molecule has 0 spiro atoms. The second kappa shape index (κ2) is 8.17. The van der Waals surface area contributed by atoms with Gasteiger partial charge in [-0.15, -0.1) is 0 Å². The van der Waals surface area contributed by atoms with Crippen molar-refractivity contribution in [2.24, 2.45) is 0 Å². The summed E-state index contributed by atoms with van der Waals surface area (Å²) in [6.45, 7) is 0. The van der Waals surface area contributed by atoms with E-state index in [1.54, 1.807) is 0 Å². The Bertz CT molecular complexity index is 804. The van der Waals surface area contributed by atoms with Crippen molar-refractivity contribution in [2.75, 3.05) is 0 Å². The van der Waals surface area contributed by atoms with E-state index in [0.717, 1.165) is 24.3 Å². The molecule has 0 heterocycles. The molecule has 0 aromatic heterocycles. The number of aliphatic hydroxyl groups is 1. The van der Waals surface area contributed by atoms with Gasteiger partial charge in [-0.2, -0.15) is 13.2 Å². The van der Waals surface area contributed by atoms with Crippen LogP contribution in [-0.4, -0.2) is 28.1 Å². The lowest BCUT2D eigenvalue weighted by Crippen LogP contribution is -2.44. The van der Waals surface area contributed by atoms with Crippen molar-refractivity contribution in [1.29, 1.82) is 0 Å². The SMILES string of the molecule is O=C(O)[C@@H](Cc1ccc(F)cc1)NC(=O)[C@H](O)c1ccc(C(F)(F)F)cc1. The summed E-state index contributed by atoms with van der Waals surface area (Å²) >= 11 is 0. The maximum atomic E-state index is 12.9. The van der Waals surface area contributed by atoms with E-state index < -0.39 is 41.6 Å². The molecule has 0 unspecified atom stereocenters. The van der Waals surface area contributed by atoms with E-state index >= 15 is 0 Å². The van der Waals surface area contributed by atoms with Crippen LogP contribution in [0, 0.1) is 5.82 Å². The molecule has 0 saturated carbocycles. The summed E-state index contributed by atoms with van der Waals surface area (Å²) in [7, 11) is 0. The Morgan fingerprint density at radius 1 is 1.00 bits per heavy atom. The summed E-state index contributed by atoms with van der Waals surface area (Å²) < 4.78 is 50.5. The number of benzene rings is 2. The number of carbonyl (C=O) groups excluding carboxylic acids is 1. The van der Waals surface area contributed by atoms with E-state index in [4.69, 9.17) is 0 Å². The first-order valence-corrected chi connectivity index (χ1v) is 7.71. The molecule has 0 bridgehead atoms. The van der Waals surface area contributed by atoms with Gasteiger partial charge in [0.2, 0.25) is 0 Å². The number of carboxylic acid groups (broad SMARTS) is 1. The van der Waals surface area contributed by atoms with E-state index in [-0.39, 0.29) is 12.0 Å². The molecule has 27 heavy (non-hydrogen) atoms. The third kappa shape index (κ3) is 5.52. The Hall–Kier alpha value is -2.94. The number of halogens is 4. The third-order valence-corrected chi connectivity index (χ3v) is 3.77. The minimum atomic E-state index is -4.56. The third-order valence-electron chi connectivity index (χ3n) is 3.77. The van der Waals surface area contributed by atoms with Crippen molar-refractivity contribution >= 4 is 11.9 Å². The number of aliphatic carboxylic acids is 1. The van der Waals surface area contributed by atoms with Crippen LogP contribution >= 0.6 is 0 Å². The fraction of sp³-hybridized carbons (Fsp3) is 0.222. The van der Waals surface area contributed by atoms with Gasteiger partial charge in [0, 0.05) is 6.42 Å². The summed E-state index contributed by atoms with van der Waals surface area (Å²) in [6, 6.07) is 6.84. The zero-order chi connectivity index (χ0) is 20.2. The summed E-state index contributed by atoms with van der Waals surface area (Å²) in [6.07, 6.45) is -6.57. The predicted octanol–water partition coefficient (Wildman–Crippen LogP) is 2.69. The highest BCUT2D eigenvalue weighted by Gasteiger charge is 2.31. The van der Waals surface area contributed by atoms with Gasteiger partial charge in [-0.05, 0) is 35.4 Å². The molecule has 0 aliphatic heterocycles. The van der Waals surface area contributed by atoms with Crippen LogP contribution in [0.25, 0.3) is 0 Å². The average Bonchev–Trinajstić information content (AvgIpc) is 2.61. The Morgan fingerprint density at radius 2 is 1.56 bits per heavy atom. The van der Waals surface area contributed by atoms with E-state index in [0.29, 0.717) is 17.7 Å². The number of nitrogens with one attached hydrogen (secondary N) is 1. The number of aliphatic hydroxyl groups excluding tert-OH is 1. The zero-order valence-electron chi connectivity index (χ0n) is 13.7. The quantitative estimate of drug-likeness (QED) is 0.668. The molecular formula is C18H15F4NO4. The molecule has 0 aliphatic carbocycles. The van der Waals surface area contributed by atoms with Crippen molar-refractivity contribution in [3.63, 3.8) is 0 Å². The maximum Gasteiger partial charge on any atom is 0.416 e. The highest BCUT2D eigenvalue weighted by Crippen LogP contribution is 2.30. The van der Waals surface area contributed by atoms with Crippen LogP contribution in [0.2, 0.25) is 0 Å². The van der Waals surface area contributed by atoms with E-state index in [9.17, 15) is 37.4 Å². The smallest absolute Gasteiger partial charge is 0.416 e. The average molecular weight is 385 g/mol. The lowest BCUT2D eigenvalue weighted by Gasteiger charge is -2.18. The number of hydrogen-bond donors (Lipinski definition) is 3. The molecule has 3 N–H and O–H groups in total. The van der Waals surface area contributed by atoms with Crippen LogP contribution in [-0.2, 0) is 22.2 Å². The Morgan fingerprint density at radius 3 is 2.04 bits per heavy atom. The zero-order valence-corrected chi connectivity index (χ0v) is 13.7. The molecule has 2 atom stereocenters. The van der Waals surface area contributed by atoms with E-state index in [1.807, 2.05) is 0 Å². The van der Waals surface area contributed by atoms with Crippen LogP contribution in [0.5, 0.6) is 0 Å². The molecule has 0 fully saturated rings. The molecule has 0 saturated heterocycles. The monoisotopic (exact) mass is 385 g/mol. The van der Waals surface area contributed by atoms with Gasteiger partial charge >= 0.3 is 12.1 Å². The van der Waals surface area contributed by atoms with Gasteiger partial charge in [-0.3, -0.25) is 4.79 Å². The fourth-order valence-electron chi connectivity index (χ4n) is 2.31. The summed E-state index contributed by atoms with van der Waals surface area (Å²) in [5.74, 6) is -2.97. The molecule has 2 aromatic carbocycles. The van der Waals surface area contributed by atoms with Gasteiger partial charge < -0.3 is 15.5 Å². The molecule has 0 aliphatic rings. The summed E-state index contributed by atoms with van der Waals surface area (Å²) in [5.41, 5.74) is -0.627. The molecule has 144 valence electrons. The van der Waals surface area contributed by atoms with Crippen molar-refractivity contribution in [3.05, 3.63) is 71.0 Å². The van der Waals surface area contributed by atoms with Crippen LogP contribution in [0.15, 0.2) is 48.5 Å². The molecule has 9 heteroatoms. The van der Waals surface area contributed by atoms with E-state index in [1.165, 1.54) is 12.1 Å². The van der Waals surface area contributed by atoms with Crippen LogP contribution in [0.1, 0.15) is 22.8 Å². The molecule has 2 rings (SSSR count). The Balaban J connectivity index is 2.07. The molecule has 2 aromatic rings. The number of alkyl halides is 3. The second-order valence-electron chi connectivity index (χ2n) is 5.75. The first-order chi connectivity index (χ1) is 12.6. The summed E-state index contributed by atoms with van der Waals surface area (Å²) in [4.78, 5) is 23.4. The molecular weight excluding hydrogens is 370 g/mol. The predicted molar refractivity (Wildman–Crippen MR) is 86.1 cm³/mol.